The third-order valence-electron chi connectivity index (χ3n) is 7.54. The van der Waals surface area contributed by atoms with Crippen molar-refractivity contribution in [2.75, 3.05) is 52.6 Å². The number of carbonyl (C=O) groups is 4. The van der Waals surface area contributed by atoms with Crippen LogP contribution in [0, 0.1) is 0 Å². The van der Waals surface area contributed by atoms with Gasteiger partial charge in [0.15, 0.2) is 11.6 Å². The molecule has 2 fully saturated rings. The Balaban J connectivity index is 1.32. The zero-order valence-corrected chi connectivity index (χ0v) is 23.4. The Morgan fingerprint density at radius 3 is 1.18 bits per heavy atom. The molecule has 0 N–H and O–H groups in total. The Morgan fingerprint density at radius 2 is 0.875 bits per heavy atom. The second-order valence-corrected chi connectivity index (χ2v) is 10.8. The smallest absolute Gasteiger partial charge is 0.418 e. The molecule has 0 unspecified atom stereocenters. The molecule has 0 atom stereocenters. The van der Waals surface area contributed by atoms with Gasteiger partial charge in [0, 0.05) is 37.3 Å². The van der Waals surface area contributed by atoms with Crippen LogP contribution in [-0.4, -0.2) is 97.0 Å². The van der Waals surface area contributed by atoms with Crippen LogP contribution < -0.4 is 9.47 Å². The fourth-order valence-corrected chi connectivity index (χ4v) is 4.88. The lowest BCUT2D eigenvalue weighted by molar-refractivity contribution is -0.156. The zero-order valence-electron chi connectivity index (χ0n) is 23.4. The van der Waals surface area contributed by atoms with Crippen molar-refractivity contribution in [1.29, 1.82) is 0 Å². The van der Waals surface area contributed by atoms with Crippen molar-refractivity contribution in [1.82, 2.24) is 9.80 Å². The van der Waals surface area contributed by atoms with Gasteiger partial charge in [0.05, 0.1) is 37.5 Å². The predicted octanol–water partition coefficient (Wildman–Crippen LogP) is 2.78. The summed E-state index contributed by atoms with van der Waals surface area (Å²) in [6.07, 6.45) is 0. The molecule has 2 aromatic carbocycles. The van der Waals surface area contributed by atoms with E-state index in [1.807, 2.05) is 27.7 Å². The van der Waals surface area contributed by atoms with Crippen LogP contribution in [0.2, 0.25) is 0 Å². The molecular weight excluding hydrogens is 516 g/mol. The minimum atomic E-state index is -1.21. The Hall–Kier alpha value is -3.44. The molecule has 10 nitrogen and oxygen atoms in total. The van der Waals surface area contributed by atoms with E-state index in [1.165, 1.54) is 24.3 Å². The summed E-state index contributed by atoms with van der Waals surface area (Å²) >= 11 is 0. The lowest BCUT2D eigenvalue weighted by atomic mass is 9.91. The number of ether oxygens (including phenoxy) is 4. The maximum absolute atomic E-state index is 13.1. The van der Waals surface area contributed by atoms with Gasteiger partial charge in [-0.1, -0.05) is 0 Å². The van der Waals surface area contributed by atoms with E-state index >= 15 is 0 Å². The van der Waals surface area contributed by atoms with Gasteiger partial charge in [0.2, 0.25) is 0 Å². The molecule has 10 heteroatoms. The van der Waals surface area contributed by atoms with Crippen molar-refractivity contribution in [2.24, 2.45) is 0 Å². The topological polar surface area (TPSA) is 112 Å². The van der Waals surface area contributed by atoms with Crippen molar-refractivity contribution < 1.29 is 38.1 Å². The van der Waals surface area contributed by atoms with Gasteiger partial charge in [0.25, 0.3) is 0 Å². The molecule has 0 bridgehead atoms. The van der Waals surface area contributed by atoms with E-state index < -0.39 is 23.0 Å². The molecule has 0 saturated carbocycles. The van der Waals surface area contributed by atoms with Crippen molar-refractivity contribution in [3.05, 3.63) is 59.7 Å². The summed E-state index contributed by atoms with van der Waals surface area (Å²) in [7, 11) is 0. The van der Waals surface area contributed by atoms with Crippen LogP contribution in [0.5, 0.6) is 11.5 Å². The summed E-state index contributed by atoms with van der Waals surface area (Å²) in [5.74, 6) is -2.34. The first-order valence-electron chi connectivity index (χ1n) is 13.4. The summed E-state index contributed by atoms with van der Waals surface area (Å²) in [6.45, 7) is 12.5. The summed E-state index contributed by atoms with van der Waals surface area (Å²) in [6, 6.07) is 12.1. The molecule has 2 heterocycles. The summed E-state index contributed by atoms with van der Waals surface area (Å²) in [5.41, 5.74) is -0.510. The van der Waals surface area contributed by atoms with Crippen LogP contribution in [0.1, 0.15) is 48.4 Å². The van der Waals surface area contributed by atoms with Crippen molar-refractivity contribution in [3.8, 4) is 11.5 Å². The fourth-order valence-electron chi connectivity index (χ4n) is 4.88. The number of benzene rings is 2. The molecule has 2 aliphatic heterocycles. The number of carbonyl (C=O) groups excluding carboxylic acids is 4. The highest BCUT2D eigenvalue weighted by molar-refractivity contribution is 6.31. The van der Waals surface area contributed by atoms with Crippen molar-refractivity contribution >= 4 is 23.5 Å². The molecule has 0 radical (unpaired) electrons. The maximum atomic E-state index is 13.1. The number of nitrogens with zero attached hydrogens (tertiary/aromatic N) is 2. The molecule has 0 aliphatic carbocycles. The van der Waals surface area contributed by atoms with Gasteiger partial charge in [0.1, 0.15) is 11.5 Å². The molecule has 2 aliphatic rings. The Kier molecular flexibility index (Phi) is 9.15. The molecule has 2 saturated heterocycles. The highest BCUT2D eigenvalue weighted by atomic mass is 16.6. The molecule has 214 valence electrons. The number of esters is 2. The second-order valence-electron chi connectivity index (χ2n) is 10.8. The average Bonchev–Trinajstić information content (AvgIpc) is 2.98. The van der Waals surface area contributed by atoms with Gasteiger partial charge in [-0.25, -0.2) is 9.59 Å². The van der Waals surface area contributed by atoms with Crippen LogP contribution in [0.25, 0.3) is 0 Å². The van der Waals surface area contributed by atoms with Crippen LogP contribution >= 0.6 is 0 Å². The first kappa shape index (κ1) is 29.5. The number of ketones is 2. The van der Waals surface area contributed by atoms with Gasteiger partial charge in [-0.2, -0.15) is 0 Å². The van der Waals surface area contributed by atoms with E-state index in [2.05, 4.69) is 9.80 Å². The fraction of sp³-hybridized carbons (Fsp3) is 0.467. The predicted molar refractivity (Wildman–Crippen MR) is 146 cm³/mol. The average molecular weight is 553 g/mol. The Labute approximate surface area is 234 Å². The van der Waals surface area contributed by atoms with Crippen molar-refractivity contribution in [2.45, 2.75) is 38.8 Å². The first-order chi connectivity index (χ1) is 19.0. The zero-order chi connectivity index (χ0) is 28.9. The van der Waals surface area contributed by atoms with Gasteiger partial charge in [-0.05, 0) is 76.2 Å². The highest BCUT2D eigenvalue weighted by Crippen LogP contribution is 2.25. The number of rotatable bonds is 8. The largest absolute Gasteiger partial charge is 0.423 e. The minimum Gasteiger partial charge on any atom is -0.418 e. The first-order valence-corrected chi connectivity index (χ1v) is 13.4. The Morgan fingerprint density at radius 1 is 0.575 bits per heavy atom. The normalized spacial score (nSPS) is 17.2. The molecular formula is C30H36N2O8. The van der Waals surface area contributed by atoms with E-state index in [9.17, 15) is 19.2 Å². The second kappa shape index (κ2) is 12.4. The molecule has 4 rings (SSSR count). The number of hydrogen-bond donors (Lipinski definition) is 0. The summed E-state index contributed by atoms with van der Waals surface area (Å²) < 4.78 is 21.0. The van der Waals surface area contributed by atoms with E-state index in [0.717, 1.165) is 0 Å². The quantitative estimate of drug-likeness (QED) is 0.210. The third-order valence-corrected chi connectivity index (χ3v) is 7.54. The molecule has 0 amide bonds. The monoisotopic (exact) mass is 552 g/mol. The lowest BCUT2D eigenvalue weighted by Crippen LogP contribution is -2.54. The molecule has 40 heavy (non-hydrogen) atoms. The number of hydrogen-bond acceptors (Lipinski definition) is 10. The van der Waals surface area contributed by atoms with E-state index in [0.29, 0.717) is 63.7 Å². The van der Waals surface area contributed by atoms with Crippen LogP contribution in [0.4, 0.5) is 0 Å². The maximum Gasteiger partial charge on any atom is 0.423 e. The van der Waals surface area contributed by atoms with E-state index in [-0.39, 0.29) is 23.1 Å². The molecule has 0 aromatic heterocycles. The van der Waals surface area contributed by atoms with Crippen LogP contribution in [0.15, 0.2) is 48.5 Å². The van der Waals surface area contributed by atoms with Gasteiger partial charge >= 0.3 is 11.9 Å². The van der Waals surface area contributed by atoms with Crippen LogP contribution in [-0.2, 0) is 19.1 Å². The molecule has 0 spiro atoms. The van der Waals surface area contributed by atoms with Crippen LogP contribution in [0.3, 0.4) is 0 Å². The summed E-state index contributed by atoms with van der Waals surface area (Å²) in [5, 5.41) is 0. The number of morpholine rings is 2. The summed E-state index contributed by atoms with van der Waals surface area (Å²) in [4.78, 5) is 55.1. The van der Waals surface area contributed by atoms with Gasteiger partial charge in [-0.15, -0.1) is 0 Å². The minimum absolute atomic E-state index is 0.0676. The highest BCUT2D eigenvalue weighted by Gasteiger charge is 2.37. The number of Topliss-reactive ketones (excluding diaryl/α,β-unsaturated/α-hetero) is 2. The molecule has 2 aromatic rings. The van der Waals surface area contributed by atoms with E-state index in [1.54, 1.807) is 24.3 Å². The Bertz CT molecular complexity index is 1130. The third kappa shape index (κ3) is 6.64. The van der Waals surface area contributed by atoms with Crippen molar-refractivity contribution in [3.63, 3.8) is 0 Å². The standard InChI is InChI=1S/C30H36N2O8/c1-29(2,31-13-17-37-18-14-31)25(33)21-5-9-23(10-6-21)39-27(35)28(36)40-24-11-7-22(8-12-24)26(34)30(3,4)32-15-19-38-20-16-32/h5-12H,13-20H2,1-4H3. The van der Waals surface area contributed by atoms with Gasteiger partial charge in [-0.3, -0.25) is 19.4 Å². The SMILES string of the molecule is CC(C)(C(=O)c1ccc(OC(=O)C(=O)Oc2ccc(C(=O)C(C)(C)N3CCOCC3)cc2)cc1)N1CCOCC1. The van der Waals surface area contributed by atoms with E-state index in [4.69, 9.17) is 18.9 Å². The van der Waals surface area contributed by atoms with Gasteiger partial charge < -0.3 is 18.9 Å². The lowest BCUT2D eigenvalue weighted by Gasteiger charge is -2.39.